The molecule has 6 heteroatoms. The lowest BCUT2D eigenvalue weighted by Gasteiger charge is -2.34. The SMILES string of the molecule is CCOC(=O)[C@@H]1[C@@H]2CC(C[C@H]2O)N1C(=O)OCc1ccccc1. The predicted molar refractivity (Wildman–Crippen MR) is 81.4 cm³/mol. The van der Waals surface area contributed by atoms with Gasteiger partial charge in [-0.3, -0.25) is 4.90 Å². The molecule has 1 aromatic rings. The highest BCUT2D eigenvalue weighted by Gasteiger charge is 2.56. The predicted octanol–water partition coefficient (Wildman–Crippen LogP) is 1.71. The van der Waals surface area contributed by atoms with Crippen LogP contribution in [0, 0.1) is 5.92 Å². The zero-order valence-electron chi connectivity index (χ0n) is 13.1. The number of esters is 1. The van der Waals surface area contributed by atoms with Crippen LogP contribution in [0.15, 0.2) is 30.3 Å². The topological polar surface area (TPSA) is 76.1 Å². The van der Waals surface area contributed by atoms with Crippen molar-refractivity contribution in [1.82, 2.24) is 4.90 Å². The summed E-state index contributed by atoms with van der Waals surface area (Å²) in [6, 6.07) is 8.48. The number of hydrogen-bond acceptors (Lipinski definition) is 5. The second-order valence-corrected chi connectivity index (χ2v) is 6.00. The lowest BCUT2D eigenvalue weighted by Crippen LogP contribution is -2.53. The van der Waals surface area contributed by atoms with Crippen LogP contribution in [-0.4, -0.2) is 46.9 Å². The monoisotopic (exact) mass is 319 g/mol. The van der Waals surface area contributed by atoms with E-state index >= 15 is 0 Å². The Morgan fingerprint density at radius 2 is 1.96 bits per heavy atom. The van der Waals surface area contributed by atoms with Crippen LogP contribution < -0.4 is 0 Å². The number of ether oxygens (including phenoxy) is 2. The number of aliphatic hydroxyl groups is 1. The number of benzene rings is 1. The van der Waals surface area contributed by atoms with Gasteiger partial charge in [-0.1, -0.05) is 30.3 Å². The summed E-state index contributed by atoms with van der Waals surface area (Å²) in [6.45, 7) is 2.13. The number of carbonyl (C=O) groups excluding carboxylic acids is 2. The van der Waals surface area contributed by atoms with E-state index in [2.05, 4.69) is 0 Å². The molecule has 2 bridgehead atoms. The van der Waals surface area contributed by atoms with Gasteiger partial charge in [0.2, 0.25) is 0 Å². The van der Waals surface area contributed by atoms with Gasteiger partial charge in [-0.2, -0.15) is 0 Å². The molecule has 1 aliphatic heterocycles. The van der Waals surface area contributed by atoms with Crippen LogP contribution in [0.25, 0.3) is 0 Å². The maximum atomic E-state index is 12.4. The smallest absolute Gasteiger partial charge is 0.411 e. The molecule has 1 N–H and O–H groups in total. The van der Waals surface area contributed by atoms with Crippen molar-refractivity contribution in [3.05, 3.63) is 35.9 Å². The molecule has 1 heterocycles. The van der Waals surface area contributed by atoms with Crippen molar-refractivity contribution in [3.63, 3.8) is 0 Å². The number of fused-ring (bicyclic) bond motifs is 2. The molecule has 0 aromatic heterocycles. The van der Waals surface area contributed by atoms with E-state index in [0.29, 0.717) is 12.8 Å². The van der Waals surface area contributed by atoms with Crippen LogP contribution in [0.1, 0.15) is 25.3 Å². The molecular weight excluding hydrogens is 298 g/mol. The molecule has 0 radical (unpaired) electrons. The fraction of sp³-hybridized carbons (Fsp3) is 0.529. The van der Waals surface area contributed by atoms with Crippen molar-refractivity contribution in [1.29, 1.82) is 0 Å². The Kier molecular flexibility index (Phi) is 4.52. The highest BCUT2D eigenvalue weighted by Crippen LogP contribution is 2.43. The highest BCUT2D eigenvalue weighted by atomic mass is 16.6. The number of amides is 1. The van der Waals surface area contributed by atoms with Crippen molar-refractivity contribution >= 4 is 12.1 Å². The number of hydrogen-bond donors (Lipinski definition) is 1. The van der Waals surface area contributed by atoms with E-state index < -0.39 is 24.2 Å². The van der Waals surface area contributed by atoms with Gasteiger partial charge in [-0.05, 0) is 25.3 Å². The average molecular weight is 319 g/mol. The minimum Gasteiger partial charge on any atom is -0.464 e. The molecule has 4 atom stereocenters. The first kappa shape index (κ1) is 15.8. The number of piperidine rings is 1. The zero-order chi connectivity index (χ0) is 16.4. The van der Waals surface area contributed by atoms with E-state index in [0.717, 1.165) is 5.56 Å². The third-order valence-electron chi connectivity index (χ3n) is 4.59. The Labute approximate surface area is 135 Å². The van der Waals surface area contributed by atoms with Gasteiger partial charge in [-0.15, -0.1) is 0 Å². The van der Waals surface area contributed by atoms with E-state index in [4.69, 9.17) is 9.47 Å². The molecule has 1 unspecified atom stereocenters. The highest BCUT2D eigenvalue weighted by molar-refractivity contribution is 5.83. The number of likely N-dealkylation sites (tertiary alicyclic amines) is 1. The molecule has 1 aromatic carbocycles. The number of aliphatic hydroxyl groups excluding tert-OH is 1. The van der Waals surface area contributed by atoms with Gasteiger partial charge in [0.25, 0.3) is 0 Å². The van der Waals surface area contributed by atoms with Crippen molar-refractivity contribution in [3.8, 4) is 0 Å². The van der Waals surface area contributed by atoms with E-state index in [1.807, 2.05) is 30.3 Å². The van der Waals surface area contributed by atoms with Crippen LogP contribution in [-0.2, 0) is 20.9 Å². The standard InChI is InChI=1S/C17H21NO5/c1-2-22-16(20)15-13-8-12(9-14(13)19)18(15)17(21)23-10-11-6-4-3-5-7-11/h3-7,12-15,19H,2,8-10H2,1H3/t12?,13-,14-,15+/m1/s1. The van der Waals surface area contributed by atoms with Gasteiger partial charge < -0.3 is 14.6 Å². The van der Waals surface area contributed by atoms with Crippen molar-refractivity contribution in [2.45, 2.75) is 44.6 Å². The molecule has 1 aliphatic carbocycles. The Hall–Kier alpha value is -2.08. The summed E-state index contributed by atoms with van der Waals surface area (Å²) in [5, 5.41) is 10.0. The van der Waals surface area contributed by atoms with E-state index in [1.165, 1.54) is 4.90 Å². The molecule has 1 saturated heterocycles. The Morgan fingerprint density at radius 3 is 2.65 bits per heavy atom. The summed E-state index contributed by atoms with van der Waals surface area (Å²) in [7, 11) is 0. The minimum atomic E-state index is -0.744. The van der Waals surface area contributed by atoms with Crippen molar-refractivity contribution < 1.29 is 24.2 Å². The van der Waals surface area contributed by atoms with E-state index in [9.17, 15) is 14.7 Å². The summed E-state index contributed by atoms with van der Waals surface area (Å²) < 4.78 is 10.4. The number of nitrogens with zero attached hydrogens (tertiary/aromatic N) is 1. The van der Waals surface area contributed by atoms with E-state index in [-0.39, 0.29) is 25.2 Å². The molecule has 0 spiro atoms. The van der Waals surface area contributed by atoms with Crippen LogP contribution in [0.2, 0.25) is 0 Å². The fourth-order valence-electron chi connectivity index (χ4n) is 3.59. The van der Waals surface area contributed by atoms with Crippen molar-refractivity contribution in [2.24, 2.45) is 5.92 Å². The second kappa shape index (κ2) is 6.58. The van der Waals surface area contributed by atoms with Gasteiger partial charge in [0.1, 0.15) is 12.6 Å². The maximum Gasteiger partial charge on any atom is 0.411 e. The van der Waals surface area contributed by atoms with Gasteiger partial charge >= 0.3 is 12.1 Å². The third kappa shape index (κ3) is 3.03. The largest absolute Gasteiger partial charge is 0.464 e. The lowest BCUT2D eigenvalue weighted by atomic mass is 9.96. The molecule has 1 saturated carbocycles. The molecular formula is C17H21NO5. The summed E-state index contributed by atoms with van der Waals surface area (Å²) in [5.41, 5.74) is 0.887. The summed E-state index contributed by atoms with van der Waals surface area (Å²) in [6.07, 6.45) is 0.0189. The minimum absolute atomic E-state index is 0.158. The third-order valence-corrected chi connectivity index (χ3v) is 4.59. The first-order chi connectivity index (χ1) is 11.1. The fourth-order valence-corrected chi connectivity index (χ4v) is 3.59. The number of rotatable bonds is 4. The molecule has 3 rings (SSSR count). The van der Waals surface area contributed by atoms with Gasteiger partial charge in [0.15, 0.2) is 0 Å². The Morgan fingerprint density at radius 1 is 1.22 bits per heavy atom. The van der Waals surface area contributed by atoms with Crippen LogP contribution >= 0.6 is 0 Å². The van der Waals surface area contributed by atoms with Gasteiger partial charge in [-0.25, -0.2) is 9.59 Å². The summed E-state index contributed by atoms with van der Waals surface area (Å²) in [4.78, 5) is 26.1. The van der Waals surface area contributed by atoms with Crippen LogP contribution in [0.3, 0.4) is 0 Å². The molecule has 2 fully saturated rings. The van der Waals surface area contributed by atoms with E-state index in [1.54, 1.807) is 6.92 Å². The summed E-state index contributed by atoms with van der Waals surface area (Å²) in [5.74, 6) is -0.723. The maximum absolute atomic E-state index is 12.4. The summed E-state index contributed by atoms with van der Waals surface area (Å²) >= 11 is 0. The molecule has 6 nitrogen and oxygen atoms in total. The first-order valence-corrected chi connectivity index (χ1v) is 7.95. The lowest BCUT2D eigenvalue weighted by molar-refractivity contribution is -0.152. The van der Waals surface area contributed by atoms with Crippen LogP contribution in [0.5, 0.6) is 0 Å². The zero-order valence-corrected chi connectivity index (χ0v) is 13.1. The second-order valence-electron chi connectivity index (χ2n) is 6.00. The molecule has 2 aliphatic rings. The first-order valence-electron chi connectivity index (χ1n) is 7.95. The molecule has 124 valence electrons. The molecule has 1 amide bonds. The Bertz CT molecular complexity index is 576. The molecule has 23 heavy (non-hydrogen) atoms. The van der Waals surface area contributed by atoms with Crippen LogP contribution in [0.4, 0.5) is 4.79 Å². The quantitative estimate of drug-likeness (QED) is 0.855. The number of carbonyl (C=O) groups is 2. The average Bonchev–Trinajstić information content (AvgIpc) is 3.10. The normalized spacial score (nSPS) is 28.7. The van der Waals surface area contributed by atoms with Gasteiger partial charge in [0, 0.05) is 12.0 Å². The van der Waals surface area contributed by atoms with Crippen molar-refractivity contribution in [2.75, 3.05) is 6.61 Å². The Balaban J connectivity index is 1.69. The van der Waals surface area contributed by atoms with Gasteiger partial charge in [0.05, 0.1) is 12.7 Å².